The average Bonchev–Trinajstić information content (AvgIpc) is 1.64. The van der Waals surface area contributed by atoms with E-state index in [0.717, 1.165) is 0 Å². The molecule has 3 heteroatoms. The Bertz CT molecular complexity index is 65.5. The summed E-state index contributed by atoms with van der Waals surface area (Å²) in [7, 11) is 0. The van der Waals surface area contributed by atoms with Crippen molar-refractivity contribution in [3.63, 3.8) is 0 Å². The summed E-state index contributed by atoms with van der Waals surface area (Å²) >= 11 is 3.20. The summed E-state index contributed by atoms with van der Waals surface area (Å²) in [6, 6.07) is 0. The topological polar surface area (TPSA) is 40.5 Å². The van der Waals surface area contributed by atoms with Gasteiger partial charge >= 0.3 is 0 Å². The Labute approximate surface area is 64.0 Å². The zero-order valence-corrected chi connectivity index (χ0v) is 7.30. The van der Waals surface area contributed by atoms with Crippen LogP contribution in [-0.4, -0.2) is 27.8 Å². The van der Waals surface area contributed by atoms with Gasteiger partial charge < -0.3 is 10.2 Å². The van der Waals surface area contributed by atoms with Gasteiger partial charge in [-0.1, -0.05) is 15.9 Å². The summed E-state index contributed by atoms with van der Waals surface area (Å²) in [6.07, 6.45) is -0.881. The number of rotatable bonds is 3. The molecule has 0 heterocycles. The monoisotopic (exact) mass is 196 g/mol. The van der Waals surface area contributed by atoms with Gasteiger partial charge in [-0.3, -0.25) is 0 Å². The number of halogens is 1. The summed E-state index contributed by atoms with van der Waals surface area (Å²) in [6.45, 7) is 3.36. The van der Waals surface area contributed by atoms with E-state index >= 15 is 0 Å². The number of hydrogen-bond acceptors (Lipinski definition) is 2. The third-order valence-electron chi connectivity index (χ3n) is 1.42. The molecule has 2 atom stereocenters. The van der Waals surface area contributed by atoms with Crippen LogP contribution in [0, 0.1) is 5.92 Å². The molecule has 2 nitrogen and oxygen atoms in total. The maximum Gasteiger partial charge on any atom is 0.0572 e. The highest BCUT2D eigenvalue weighted by atomic mass is 79.9. The summed E-state index contributed by atoms with van der Waals surface area (Å²) in [5, 5.41) is 18.6. The van der Waals surface area contributed by atoms with Gasteiger partial charge in [0.2, 0.25) is 0 Å². The first-order valence-corrected chi connectivity index (χ1v) is 4.13. The van der Waals surface area contributed by atoms with Crippen molar-refractivity contribution in [1.29, 1.82) is 0 Å². The summed E-state index contributed by atoms with van der Waals surface area (Å²) in [4.78, 5) is 0. The van der Waals surface area contributed by atoms with Crippen molar-refractivity contribution in [2.45, 2.75) is 26.1 Å². The van der Waals surface area contributed by atoms with E-state index in [0.29, 0.717) is 5.33 Å². The highest BCUT2D eigenvalue weighted by molar-refractivity contribution is 9.09. The zero-order valence-electron chi connectivity index (χ0n) is 5.71. The SMILES string of the molecule is CC(O)C(CBr)C(C)O. The van der Waals surface area contributed by atoms with Gasteiger partial charge in [-0.15, -0.1) is 0 Å². The van der Waals surface area contributed by atoms with E-state index in [-0.39, 0.29) is 5.92 Å². The molecule has 0 aromatic rings. The van der Waals surface area contributed by atoms with E-state index in [1.165, 1.54) is 0 Å². The van der Waals surface area contributed by atoms with Crippen molar-refractivity contribution in [3.8, 4) is 0 Å². The fourth-order valence-corrected chi connectivity index (χ4v) is 1.74. The average molecular weight is 197 g/mol. The molecule has 56 valence electrons. The van der Waals surface area contributed by atoms with Gasteiger partial charge in [0.25, 0.3) is 0 Å². The van der Waals surface area contributed by atoms with Gasteiger partial charge in [-0.05, 0) is 13.8 Å². The minimum absolute atomic E-state index is 0.0509. The highest BCUT2D eigenvalue weighted by Gasteiger charge is 2.18. The van der Waals surface area contributed by atoms with Crippen LogP contribution in [0.5, 0.6) is 0 Å². The van der Waals surface area contributed by atoms with Crippen molar-refractivity contribution in [2.75, 3.05) is 5.33 Å². The second-order valence-electron chi connectivity index (χ2n) is 2.30. The molecule has 2 N–H and O–H groups in total. The molecule has 0 amide bonds. The normalized spacial score (nSPS) is 21.0. The minimum Gasteiger partial charge on any atom is -0.393 e. The first kappa shape index (κ1) is 9.40. The molecule has 0 aliphatic heterocycles. The second kappa shape index (κ2) is 4.25. The Morgan fingerprint density at radius 2 is 1.56 bits per heavy atom. The predicted molar refractivity (Wildman–Crippen MR) is 40.6 cm³/mol. The number of alkyl halides is 1. The van der Waals surface area contributed by atoms with Crippen LogP contribution >= 0.6 is 15.9 Å². The van der Waals surface area contributed by atoms with Crippen LogP contribution in [0.2, 0.25) is 0 Å². The van der Waals surface area contributed by atoms with Crippen molar-refractivity contribution in [3.05, 3.63) is 0 Å². The van der Waals surface area contributed by atoms with Crippen LogP contribution in [0.25, 0.3) is 0 Å². The quantitative estimate of drug-likeness (QED) is 0.655. The fourth-order valence-electron chi connectivity index (χ4n) is 0.661. The Morgan fingerprint density at radius 1 is 1.22 bits per heavy atom. The highest BCUT2D eigenvalue weighted by Crippen LogP contribution is 2.11. The maximum absolute atomic E-state index is 8.99. The van der Waals surface area contributed by atoms with Gasteiger partial charge in [0.05, 0.1) is 12.2 Å². The van der Waals surface area contributed by atoms with Gasteiger partial charge in [0, 0.05) is 11.2 Å². The number of aliphatic hydroxyl groups excluding tert-OH is 2. The number of aliphatic hydroxyl groups is 2. The van der Waals surface area contributed by atoms with E-state index in [2.05, 4.69) is 15.9 Å². The van der Waals surface area contributed by atoms with E-state index in [1.54, 1.807) is 13.8 Å². The Balaban J connectivity index is 3.68. The molecule has 0 saturated carbocycles. The fraction of sp³-hybridized carbons (Fsp3) is 1.00. The molecular weight excluding hydrogens is 184 g/mol. The molecule has 0 aromatic carbocycles. The lowest BCUT2D eigenvalue weighted by Crippen LogP contribution is -2.28. The lowest BCUT2D eigenvalue weighted by molar-refractivity contribution is 0.0453. The van der Waals surface area contributed by atoms with Crippen molar-refractivity contribution in [2.24, 2.45) is 5.92 Å². The summed E-state index contributed by atoms with van der Waals surface area (Å²) in [5.41, 5.74) is 0. The molecule has 0 bridgehead atoms. The molecule has 0 aliphatic rings. The van der Waals surface area contributed by atoms with Crippen LogP contribution in [0.4, 0.5) is 0 Å². The Hall–Kier alpha value is 0.400. The maximum atomic E-state index is 8.99. The summed E-state index contributed by atoms with van der Waals surface area (Å²) in [5.74, 6) is -0.0509. The number of hydrogen-bond donors (Lipinski definition) is 2. The molecule has 9 heavy (non-hydrogen) atoms. The van der Waals surface area contributed by atoms with Gasteiger partial charge in [0.1, 0.15) is 0 Å². The predicted octanol–water partition coefficient (Wildman–Crippen LogP) is 0.759. The molecule has 0 radical (unpaired) electrons. The van der Waals surface area contributed by atoms with E-state index < -0.39 is 12.2 Å². The third-order valence-corrected chi connectivity index (χ3v) is 2.17. The molecule has 0 saturated heterocycles. The zero-order chi connectivity index (χ0) is 7.44. The lowest BCUT2D eigenvalue weighted by atomic mass is 10.0. The van der Waals surface area contributed by atoms with Crippen molar-refractivity contribution < 1.29 is 10.2 Å². The van der Waals surface area contributed by atoms with Crippen LogP contribution in [0.1, 0.15) is 13.8 Å². The van der Waals surface area contributed by atoms with Crippen LogP contribution in [0.3, 0.4) is 0 Å². The molecular formula is C6H13BrO2. The molecule has 0 spiro atoms. The van der Waals surface area contributed by atoms with Crippen LogP contribution in [0.15, 0.2) is 0 Å². The van der Waals surface area contributed by atoms with Crippen LogP contribution < -0.4 is 0 Å². The second-order valence-corrected chi connectivity index (χ2v) is 2.95. The molecule has 0 aliphatic carbocycles. The molecule has 0 aromatic heterocycles. The van der Waals surface area contributed by atoms with E-state index in [1.807, 2.05) is 0 Å². The van der Waals surface area contributed by atoms with Crippen molar-refractivity contribution >= 4 is 15.9 Å². The summed E-state index contributed by atoms with van der Waals surface area (Å²) < 4.78 is 0. The van der Waals surface area contributed by atoms with Crippen LogP contribution in [-0.2, 0) is 0 Å². The first-order chi connectivity index (χ1) is 4.09. The Kier molecular flexibility index (Phi) is 4.44. The van der Waals surface area contributed by atoms with Gasteiger partial charge in [-0.25, -0.2) is 0 Å². The first-order valence-electron chi connectivity index (χ1n) is 3.01. The van der Waals surface area contributed by atoms with Gasteiger partial charge in [0.15, 0.2) is 0 Å². The van der Waals surface area contributed by atoms with E-state index in [9.17, 15) is 0 Å². The molecule has 2 unspecified atom stereocenters. The van der Waals surface area contributed by atoms with E-state index in [4.69, 9.17) is 10.2 Å². The van der Waals surface area contributed by atoms with Crippen molar-refractivity contribution in [1.82, 2.24) is 0 Å². The third kappa shape index (κ3) is 3.18. The minimum atomic E-state index is -0.440. The largest absolute Gasteiger partial charge is 0.393 e. The lowest BCUT2D eigenvalue weighted by Gasteiger charge is -2.19. The molecule has 0 rings (SSSR count). The Morgan fingerprint density at radius 3 is 1.56 bits per heavy atom. The van der Waals surface area contributed by atoms with Gasteiger partial charge in [-0.2, -0.15) is 0 Å². The smallest absolute Gasteiger partial charge is 0.0572 e. The molecule has 0 fully saturated rings. The standard InChI is InChI=1S/C6H13BrO2/c1-4(8)6(3-7)5(2)9/h4-6,8-9H,3H2,1-2H3.